The molecule has 1 aromatic heterocycles. The zero-order chi connectivity index (χ0) is 18.4. The minimum absolute atomic E-state index is 0. The fourth-order valence-corrected chi connectivity index (χ4v) is 2.40. The van der Waals surface area contributed by atoms with E-state index in [2.05, 4.69) is 34.5 Å². The van der Waals surface area contributed by atoms with Gasteiger partial charge in [-0.15, -0.1) is 24.0 Å². The number of oxazole rings is 1. The Balaban J connectivity index is 0.00000338. The summed E-state index contributed by atoms with van der Waals surface area (Å²) in [5.41, 5.74) is 1.79. The molecule has 0 amide bonds. The van der Waals surface area contributed by atoms with E-state index >= 15 is 0 Å². The summed E-state index contributed by atoms with van der Waals surface area (Å²) in [5.74, 6) is 1.90. The quantitative estimate of drug-likeness (QED) is 0.376. The molecule has 144 valence electrons. The van der Waals surface area contributed by atoms with Gasteiger partial charge in [-0.3, -0.25) is 0 Å². The van der Waals surface area contributed by atoms with Crippen LogP contribution in [0.1, 0.15) is 43.7 Å². The Morgan fingerprint density at radius 1 is 1.19 bits per heavy atom. The van der Waals surface area contributed by atoms with Crippen LogP contribution in [0, 0.1) is 19.7 Å². The standard InChI is InChI=1S/C19H27FN4O.HI/c1-6-21-18(22-11-17-24-13(2)14(3)25-17)23-12-19(4,5)15-7-9-16(20)10-8-15;/h7-10H,6,11-12H2,1-5H3,(H2,21,22,23);1H. The fraction of sp³-hybridized carbons (Fsp3) is 0.474. The zero-order valence-electron chi connectivity index (χ0n) is 16.0. The Kier molecular flexibility index (Phi) is 8.52. The molecule has 5 nitrogen and oxygen atoms in total. The van der Waals surface area contributed by atoms with E-state index in [-0.39, 0.29) is 35.2 Å². The molecular formula is C19H28FIN4O. The van der Waals surface area contributed by atoms with Crippen molar-refractivity contribution < 1.29 is 8.81 Å². The highest BCUT2D eigenvalue weighted by Crippen LogP contribution is 2.22. The van der Waals surface area contributed by atoms with Gasteiger partial charge in [-0.2, -0.15) is 0 Å². The Hall–Kier alpha value is -1.64. The number of hydrogen-bond acceptors (Lipinski definition) is 3. The fourth-order valence-electron chi connectivity index (χ4n) is 2.40. The van der Waals surface area contributed by atoms with Gasteiger partial charge in [-0.1, -0.05) is 26.0 Å². The average Bonchev–Trinajstić information content (AvgIpc) is 2.89. The van der Waals surface area contributed by atoms with Crippen molar-refractivity contribution in [1.82, 2.24) is 15.6 Å². The first kappa shape index (κ1) is 22.4. The van der Waals surface area contributed by atoms with Crippen LogP contribution < -0.4 is 10.6 Å². The zero-order valence-corrected chi connectivity index (χ0v) is 18.3. The molecule has 7 heteroatoms. The Morgan fingerprint density at radius 3 is 2.38 bits per heavy atom. The van der Waals surface area contributed by atoms with Crippen molar-refractivity contribution in [2.75, 3.05) is 13.1 Å². The summed E-state index contributed by atoms with van der Waals surface area (Å²) in [6.45, 7) is 11.8. The lowest BCUT2D eigenvalue weighted by molar-refractivity contribution is 0.471. The molecule has 0 unspecified atom stereocenters. The molecule has 0 aliphatic rings. The first-order chi connectivity index (χ1) is 11.8. The van der Waals surface area contributed by atoms with Gasteiger partial charge in [-0.05, 0) is 38.5 Å². The lowest BCUT2D eigenvalue weighted by Gasteiger charge is -2.26. The van der Waals surface area contributed by atoms with Crippen LogP contribution in [-0.4, -0.2) is 24.0 Å². The molecule has 0 fully saturated rings. The lowest BCUT2D eigenvalue weighted by atomic mass is 9.84. The summed E-state index contributed by atoms with van der Waals surface area (Å²) >= 11 is 0. The summed E-state index contributed by atoms with van der Waals surface area (Å²) in [6.07, 6.45) is 0. The van der Waals surface area contributed by atoms with Crippen molar-refractivity contribution in [1.29, 1.82) is 0 Å². The minimum atomic E-state index is -0.223. The van der Waals surface area contributed by atoms with Gasteiger partial charge in [0.15, 0.2) is 5.96 Å². The first-order valence-electron chi connectivity index (χ1n) is 8.53. The second-order valence-corrected chi connectivity index (χ2v) is 6.69. The molecule has 0 aliphatic heterocycles. The van der Waals surface area contributed by atoms with Gasteiger partial charge < -0.3 is 15.1 Å². The summed E-state index contributed by atoms with van der Waals surface area (Å²) < 4.78 is 18.7. The second kappa shape index (κ2) is 9.89. The SMILES string of the molecule is CCNC(=NCc1nc(C)c(C)o1)NCC(C)(C)c1ccc(F)cc1.I. The number of aromatic nitrogens is 1. The lowest BCUT2D eigenvalue weighted by Crippen LogP contribution is -2.43. The molecule has 2 N–H and O–H groups in total. The van der Waals surface area contributed by atoms with Crippen molar-refractivity contribution in [3.63, 3.8) is 0 Å². The van der Waals surface area contributed by atoms with Gasteiger partial charge in [0.1, 0.15) is 18.1 Å². The van der Waals surface area contributed by atoms with Crippen molar-refractivity contribution in [2.45, 2.75) is 46.6 Å². The van der Waals surface area contributed by atoms with Gasteiger partial charge in [0.05, 0.1) is 5.69 Å². The smallest absolute Gasteiger partial charge is 0.216 e. The first-order valence-corrected chi connectivity index (χ1v) is 8.53. The molecule has 0 atom stereocenters. The van der Waals surface area contributed by atoms with E-state index in [1.165, 1.54) is 12.1 Å². The van der Waals surface area contributed by atoms with Gasteiger partial charge in [0.25, 0.3) is 0 Å². The number of benzene rings is 1. The largest absolute Gasteiger partial charge is 0.444 e. The predicted octanol–water partition coefficient (Wildman–Crippen LogP) is 4.08. The highest BCUT2D eigenvalue weighted by atomic mass is 127. The van der Waals surface area contributed by atoms with E-state index in [0.717, 1.165) is 23.6 Å². The molecule has 26 heavy (non-hydrogen) atoms. The van der Waals surface area contributed by atoms with Gasteiger partial charge >= 0.3 is 0 Å². The van der Waals surface area contributed by atoms with Crippen LogP contribution >= 0.6 is 24.0 Å². The van der Waals surface area contributed by atoms with E-state index in [9.17, 15) is 4.39 Å². The highest BCUT2D eigenvalue weighted by molar-refractivity contribution is 14.0. The maximum absolute atomic E-state index is 13.1. The second-order valence-electron chi connectivity index (χ2n) is 6.69. The number of aliphatic imine (C=N–C) groups is 1. The van der Waals surface area contributed by atoms with E-state index in [1.54, 1.807) is 0 Å². The normalized spacial score (nSPS) is 11.8. The van der Waals surface area contributed by atoms with Crippen LogP contribution in [0.3, 0.4) is 0 Å². The number of nitrogens with one attached hydrogen (secondary N) is 2. The Morgan fingerprint density at radius 2 is 1.85 bits per heavy atom. The molecule has 0 aliphatic carbocycles. The molecule has 0 spiro atoms. The third-order valence-electron chi connectivity index (χ3n) is 4.11. The van der Waals surface area contributed by atoms with E-state index in [1.807, 2.05) is 32.9 Å². The van der Waals surface area contributed by atoms with Gasteiger partial charge in [0.2, 0.25) is 5.89 Å². The monoisotopic (exact) mass is 474 g/mol. The van der Waals surface area contributed by atoms with Crippen molar-refractivity contribution in [3.05, 3.63) is 53.0 Å². The summed E-state index contributed by atoms with van der Waals surface area (Å²) in [5, 5.41) is 6.56. The van der Waals surface area contributed by atoms with E-state index < -0.39 is 0 Å². The van der Waals surface area contributed by atoms with Crippen molar-refractivity contribution in [2.24, 2.45) is 4.99 Å². The molecule has 0 saturated heterocycles. The topological polar surface area (TPSA) is 62.5 Å². The third kappa shape index (κ3) is 6.26. The van der Waals surface area contributed by atoms with Crippen LogP contribution in [0.5, 0.6) is 0 Å². The van der Waals surface area contributed by atoms with Crippen LogP contribution in [0.15, 0.2) is 33.7 Å². The van der Waals surface area contributed by atoms with E-state index in [4.69, 9.17) is 4.42 Å². The summed E-state index contributed by atoms with van der Waals surface area (Å²) in [4.78, 5) is 8.87. The minimum Gasteiger partial charge on any atom is -0.444 e. The highest BCUT2D eigenvalue weighted by Gasteiger charge is 2.21. The summed E-state index contributed by atoms with van der Waals surface area (Å²) in [6, 6.07) is 6.62. The maximum Gasteiger partial charge on any atom is 0.216 e. The molecule has 0 bridgehead atoms. The number of aryl methyl sites for hydroxylation is 2. The van der Waals surface area contributed by atoms with E-state index in [0.29, 0.717) is 24.9 Å². The molecule has 2 aromatic rings. The van der Waals surface area contributed by atoms with Crippen LogP contribution in [0.25, 0.3) is 0 Å². The van der Waals surface area contributed by atoms with Crippen molar-refractivity contribution >= 4 is 29.9 Å². The molecule has 0 radical (unpaired) electrons. The molecule has 1 aromatic carbocycles. The number of rotatable bonds is 6. The maximum atomic E-state index is 13.1. The number of hydrogen-bond donors (Lipinski definition) is 2. The van der Waals surface area contributed by atoms with Crippen molar-refractivity contribution in [3.8, 4) is 0 Å². The van der Waals surface area contributed by atoms with Crippen LogP contribution in [0.4, 0.5) is 4.39 Å². The Bertz CT molecular complexity index is 706. The Labute approximate surface area is 171 Å². The third-order valence-corrected chi connectivity index (χ3v) is 4.11. The number of nitrogens with zero attached hydrogens (tertiary/aromatic N) is 2. The van der Waals surface area contributed by atoms with Crippen LogP contribution in [-0.2, 0) is 12.0 Å². The number of guanidine groups is 1. The van der Waals surface area contributed by atoms with Gasteiger partial charge in [-0.25, -0.2) is 14.4 Å². The number of halogens is 2. The van der Waals surface area contributed by atoms with Gasteiger partial charge in [0, 0.05) is 18.5 Å². The average molecular weight is 474 g/mol. The molecule has 2 rings (SSSR count). The van der Waals surface area contributed by atoms with Crippen LogP contribution in [0.2, 0.25) is 0 Å². The predicted molar refractivity (Wildman–Crippen MR) is 114 cm³/mol. The molecule has 1 heterocycles. The molecule has 0 saturated carbocycles. The molecular weight excluding hydrogens is 446 g/mol. The summed E-state index contributed by atoms with van der Waals surface area (Å²) in [7, 11) is 0.